The van der Waals surface area contributed by atoms with E-state index >= 15 is 0 Å². The number of aliphatic carboxylic acids is 1. The van der Waals surface area contributed by atoms with Crippen LogP contribution < -0.4 is 15.7 Å². The third-order valence-electron chi connectivity index (χ3n) is 6.93. The van der Waals surface area contributed by atoms with Gasteiger partial charge < -0.3 is 19.6 Å². The van der Waals surface area contributed by atoms with Crippen LogP contribution in [-0.4, -0.2) is 29.6 Å². The Balaban J connectivity index is 1.38. The van der Waals surface area contributed by atoms with E-state index in [2.05, 4.69) is 5.32 Å². The molecule has 1 saturated carbocycles. The van der Waals surface area contributed by atoms with Gasteiger partial charge >= 0.3 is 11.6 Å². The summed E-state index contributed by atoms with van der Waals surface area (Å²) in [5.74, 6) is -0.509. The average Bonchev–Trinajstić information content (AvgIpc) is 2.85. The first-order chi connectivity index (χ1) is 16.8. The lowest BCUT2D eigenvalue weighted by Gasteiger charge is -2.26. The van der Waals surface area contributed by atoms with Crippen LogP contribution in [0.15, 0.2) is 57.7 Å². The molecule has 7 heteroatoms. The third kappa shape index (κ3) is 5.91. The van der Waals surface area contributed by atoms with E-state index < -0.39 is 12.1 Å². The second kappa shape index (κ2) is 10.8. The van der Waals surface area contributed by atoms with Gasteiger partial charge in [-0.05, 0) is 68.7 Å². The molecule has 35 heavy (non-hydrogen) atoms. The van der Waals surface area contributed by atoms with Gasteiger partial charge in [0.15, 0.2) is 6.10 Å². The van der Waals surface area contributed by atoms with Crippen molar-refractivity contribution in [3.8, 4) is 5.75 Å². The first-order valence-electron chi connectivity index (χ1n) is 12.1. The maximum Gasteiger partial charge on any atom is 0.340 e. The summed E-state index contributed by atoms with van der Waals surface area (Å²) in [5.41, 5.74) is 2.58. The van der Waals surface area contributed by atoms with E-state index in [1.165, 1.54) is 0 Å². The van der Waals surface area contributed by atoms with Crippen molar-refractivity contribution in [1.82, 2.24) is 5.32 Å². The lowest BCUT2D eigenvalue weighted by atomic mass is 9.82. The molecule has 1 aromatic heterocycles. The van der Waals surface area contributed by atoms with Gasteiger partial charge in [0.1, 0.15) is 11.3 Å². The smallest absolute Gasteiger partial charge is 0.340 e. The summed E-state index contributed by atoms with van der Waals surface area (Å²) in [6, 6.07) is 15.1. The fourth-order valence-corrected chi connectivity index (χ4v) is 4.71. The van der Waals surface area contributed by atoms with Crippen molar-refractivity contribution in [3.05, 3.63) is 75.6 Å². The molecule has 1 amide bonds. The number of carbonyl (C=O) groups is 2. The van der Waals surface area contributed by atoms with E-state index in [-0.39, 0.29) is 23.4 Å². The third-order valence-corrected chi connectivity index (χ3v) is 6.93. The molecule has 3 aromatic rings. The minimum atomic E-state index is -0.733. The van der Waals surface area contributed by atoms with Gasteiger partial charge in [0, 0.05) is 30.0 Å². The predicted octanol–water partition coefficient (Wildman–Crippen LogP) is 4.47. The van der Waals surface area contributed by atoms with Crippen LogP contribution in [0.5, 0.6) is 5.75 Å². The van der Waals surface area contributed by atoms with Crippen molar-refractivity contribution < 1.29 is 23.8 Å². The highest BCUT2D eigenvalue weighted by Crippen LogP contribution is 2.29. The lowest BCUT2D eigenvalue weighted by molar-refractivity contribution is -0.143. The second-order valence-corrected chi connectivity index (χ2v) is 9.37. The summed E-state index contributed by atoms with van der Waals surface area (Å²) in [7, 11) is 0. The number of carbonyl (C=O) groups excluding carboxylic acids is 1. The predicted molar refractivity (Wildman–Crippen MR) is 133 cm³/mol. The average molecular weight is 478 g/mol. The van der Waals surface area contributed by atoms with Crippen LogP contribution in [0.3, 0.4) is 0 Å². The van der Waals surface area contributed by atoms with Crippen LogP contribution >= 0.6 is 0 Å². The van der Waals surface area contributed by atoms with Gasteiger partial charge in [-0.3, -0.25) is 9.59 Å². The van der Waals surface area contributed by atoms with Gasteiger partial charge in [-0.2, -0.15) is 0 Å². The molecule has 1 aliphatic rings. The van der Waals surface area contributed by atoms with Crippen LogP contribution in [0.4, 0.5) is 0 Å². The first kappa shape index (κ1) is 24.5. The minimum absolute atomic E-state index is 0.235. The van der Waals surface area contributed by atoms with Crippen LogP contribution in [-0.2, 0) is 16.0 Å². The highest BCUT2D eigenvalue weighted by molar-refractivity contribution is 5.83. The molecular weight excluding hydrogens is 446 g/mol. The van der Waals surface area contributed by atoms with Crippen LogP contribution in [0.1, 0.15) is 49.3 Å². The Morgan fingerprint density at radius 2 is 1.83 bits per heavy atom. The van der Waals surface area contributed by atoms with E-state index in [0.29, 0.717) is 42.7 Å². The second-order valence-electron chi connectivity index (χ2n) is 9.37. The van der Waals surface area contributed by atoms with E-state index in [9.17, 15) is 14.4 Å². The summed E-state index contributed by atoms with van der Waals surface area (Å²) in [6.07, 6.45) is 2.66. The zero-order valence-electron chi connectivity index (χ0n) is 20.1. The topological polar surface area (TPSA) is 106 Å². The highest BCUT2D eigenvalue weighted by Gasteiger charge is 2.26. The molecule has 0 saturated heterocycles. The molecule has 0 radical (unpaired) electrons. The highest BCUT2D eigenvalue weighted by atomic mass is 16.5. The van der Waals surface area contributed by atoms with E-state index in [1.807, 2.05) is 43.3 Å². The van der Waals surface area contributed by atoms with E-state index in [1.54, 1.807) is 19.1 Å². The molecular formula is C28H31NO6. The lowest BCUT2D eigenvalue weighted by Crippen LogP contribution is -2.39. The Kier molecular flexibility index (Phi) is 7.54. The Morgan fingerprint density at radius 1 is 1.11 bits per heavy atom. The zero-order valence-corrected chi connectivity index (χ0v) is 20.1. The van der Waals surface area contributed by atoms with E-state index in [0.717, 1.165) is 29.4 Å². The monoisotopic (exact) mass is 477 g/mol. The summed E-state index contributed by atoms with van der Waals surface area (Å²) >= 11 is 0. The summed E-state index contributed by atoms with van der Waals surface area (Å²) in [6.45, 7) is 4.10. The molecule has 7 nitrogen and oxygen atoms in total. The number of hydrogen-bond acceptors (Lipinski definition) is 5. The van der Waals surface area contributed by atoms with Gasteiger partial charge in [-0.15, -0.1) is 0 Å². The summed E-state index contributed by atoms with van der Waals surface area (Å²) in [4.78, 5) is 36.3. The van der Waals surface area contributed by atoms with Gasteiger partial charge in [-0.25, -0.2) is 4.79 Å². The number of amides is 1. The summed E-state index contributed by atoms with van der Waals surface area (Å²) < 4.78 is 11.4. The van der Waals surface area contributed by atoms with Gasteiger partial charge in [0.05, 0.1) is 5.92 Å². The Morgan fingerprint density at radius 3 is 2.51 bits per heavy atom. The standard InChI is InChI=1S/C28H31NO6/c1-17-23-13-12-22(15-25(23)35-28(33)24(17)14-19-6-4-3-5-7-19)34-18(2)26(30)29-16-20-8-10-21(11-9-20)27(31)32/h3-7,12-13,15,18,20-21H,8-11,14,16H2,1-2H3,(H,29,30)(H,31,32). The Bertz CT molecular complexity index is 1260. The number of carboxylic acid groups (broad SMARTS) is 1. The molecule has 2 aromatic carbocycles. The number of ether oxygens (including phenoxy) is 1. The Labute approximate surface area is 204 Å². The van der Waals surface area contributed by atoms with Gasteiger partial charge in [0.25, 0.3) is 5.91 Å². The number of hydrogen-bond donors (Lipinski definition) is 2. The van der Waals surface area contributed by atoms with Gasteiger partial charge in [-0.1, -0.05) is 30.3 Å². The number of nitrogens with one attached hydrogen (secondary N) is 1. The van der Waals surface area contributed by atoms with Crippen LogP contribution in [0.25, 0.3) is 11.0 Å². The number of carboxylic acids is 1. The van der Waals surface area contributed by atoms with E-state index in [4.69, 9.17) is 14.3 Å². The molecule has 1 atom stereocenters. The maximum absolute atomic E-state index is 12.7. The molecule has 1 heterocycles. The number of aryl methyl sites for hydroxylation is 1. The number of benzene rings is 2. The van der Waals surface area contributed by atoms with Crippen molar-refractivity contribution in [3.63, 3.8) is 0 Å². The fraction of sp³-hybridized carbons (Fsp3) is 0.393. The molecule has 0 spiro atoms. The molecule has 1 unspecified atom stereocenters. The SMILES string of the molecule is Cc1c(Cc2ccccc2)c(=O)oc2cc(OC(C)C(=O)NCC3CCC(C(=O)O)CC3)ccc12. The number of fused-ring (bicyclic) bond motifs is 1. The fourth-order valence-electron chi connectivity index (χ4n) is 4.71. The largest absolute Gasteiger partial charge is 0.481 e. The zero-order chi connectivity index (χ0) is 24.9. The molecule has 0 bridgehead atoms. The van der Waals surface area contributed by atoms with Crippen LogP contribution in [0.2, 0.25) is 0 Å². The van der Waals surface area contributed by atoms with Crippen molar-refractivity contribution in [2.45, 2.75) is 52.1 Å². The number of rotatable bonds is 8. The summed E-state index contributed by atoms with van der Waals surface area (Å²) in [5, 5.41) is 12.9. The molecule has 0 aliphatic heterocycles. The maximum atomic E-state index is 12.7. The molecule has 1 fully saturated rings. The normalized spacial score (nSPS) is 18.7. The molecule has 2 N–H and O–H groups in total. The first-order valence-corrected chi connectivity index (χ1v) is 12.1. The Hall–Kier alpha value is -3.61. The van der Waals surface area contributed by atoms with Crippen LogP contribution in [0, 0.1) is 18.8 Å². The van der Waals surface area contributed by atoms with Crippen molar-refractivity contribution in [2.24, 2.45) is 11.8 Å². The molecule has 184 valence electrons. The molecule has 1 aliphatic carbocycles. The van der Waals surface area contributed by atoms with Crippen molar-refractivity contribution in [1.29, 1.82) is 0 Å². The quantitative estimate of drug-likeness (QED) is 0.464. The minimum Gasteiger partial charge on any atom is -0.481 e. The van der Waals surface area contributed by atoms with Crippen molar-refractivity contribution in [2.75, 3.05) is 6.54 Å². The van der Waals surface area contributed by atoms with Gasteiger partial charge in [0.2, 0.25) is 0 Å². The molecule has 4 rings (SSSR count). The van der Waals surface area contributed by atoms with Crippen molar-refractivity contribution >= 4 is 22.8 Å².